The van der Waals surface area contributed by atoms with E-state index in [0.717, 1.165) is 24.3 Å². The quantitative estimate of drug-likeness (QED) is 0.784. The van der Waals surface area contributed by atoms with Crippen LogP contribution in [0.2, 0.25) is 0 Å². The van der Waals surface area contributed by atoms with E-state index in [1.165, 1.54) is 0 Å². The predicted octanol–water partition coefficient (Wildman–Crippen LogP) is 1.95. The normalized spacial score (nSPS) is 10.0. The SMILES string of the molecule is C#Cc1ccc(NC(=O)CN(CC)CC)cc1. The van der Waals surface area contributed by atoms with Crippen molar-refractivity contribution in [1.29, 1.82) is 0 Å². The van der Waals surface area contributed by atoms with Gasteiger partial charge in [-0.1, -0.05) is 19.8 Å². The van der Waals surface area contributed by atoms with Gasteiger partial charge >= 0.3 is 0 Å². The van der Waals surface area contributed by atoms with E-state index < -0.39 is 0 Å². The first-order valence-electron chi connectivity index (χ1n) is 5.78. The number of nitrogens with zero attached hydrogens (tertiary/aromatic N) is 1. The van der Waals surface area contributed by atoms with Crippen LogP contribution in [0, 0.1) is 12.3 Å². The molecule has 0 aliphatic heterocycles. The molecule has 0 atom stereocenters. The standard InChI is InChI=1S/C14H18N2O/c1-4-12-7-9-13(10-8-12)15-14(17)11-16(5-2)6-3/h1,7-10H,5-6,11H2,2-3H3,(H,15,17). The van der Waals surface area contributed by atoms with E-state index in [2.05, 4.69) is 16.1 Å². The van der Waals surface area contributed by atoms with Crippen molar-refractivity contribution in [2.75, 3.05) is 25.0 Å². The number of rotatable bonds is 5. The summed E-state index contributed by atoms with van der Waals surface area (Å²) >= 11 is 0. The Morgan fingerprint density at radius 1 is 1.29 bits per heavy atom. The Kier molecular flexibility index (Phi) is 5.25. The Bertz CT molecular complexity index is 399. The molecule has 3 heteroatoms. The zero-order valence-electron chi connectivity index (χ0n) is 10.4. The second kappa shape index (κ2) is 6.72. The second-order valence-electron chi connectivity index (χ2n) is 3.73. The largest absolute Gasteiger partial charge is 0.325 e. The third kappa shape index (κ3) is 4.29. The molecule has 0 fully saturated rings. The summed E-state index contributed by atoms with van der Waals surface area (Å²) in [7, 11) is 0. The van der Waals surface area contributed by atoms with Gasteiger partial charge in [-0.3, -0.25) is 9.69 Å². The minimum atomic E-state index is 0.00200. The van der Waals surface area contributed by atoms with E-state index in [9.17, 15) is 4.79 Å². The highest BCUT2D eigenvalue weighted by Crippen LogP contribution is 2.08. The molecule has 1 aromatic rings. The predicted molar refractivity (Wildman–Crippen MR) is 70.8 cm³/mol. The third-order valence-corrected chi connectivity index (χ3v) is 2.60. The van der Waals surface area contributed by atoms with E-state index in [-0.39, 0.29) is 5.91 Å². The molecule has 3 nitrogen and oxygen atoms in total. The van der Waals surface area contributed by atoms with E-state index >= 15 is 0 Å². The summed E-state index contributed by atoms with van der Waals surface area (Å²) in [4.78, 5) is 13.8. The number of amides is 1. The molecular formula is C14H18N2O. The summed E-state index contributed by atoms with van der Waals surface area (Å²) in [6.45, 7) is 6.25. The fourth-order valence-electron chi connectivity index (χ4n) is 1.50. The van der Waals surface area contributed by atoms with Crippen molar-refractivity contribution in [3.63, 3.8) is 0 Å². The average Bonchev–Trinajstić information content (AvgIpc) is 2.37. The molecule has 0 bridgehead atoms. The molecule has 0 saturated carbocycles. The molecule has 0 spiro atoms. The zero-order chi connectivity index (χ0) is 12.7. The first kappa shape index (κ1) is 13.3. The summed E-state index contributed by atoms with van der Waals surface area (Å²) < 4.78 is 0. The van der Waals surface area contributed by atoms with Crippen LogP contribution in [0.1, 0.15) is 19.4 Å². The molecule has 0 aliphatic carbocycles. The van der Waals surface area contributed by atoms with E-state index in [4.69, 9.17) is 6.42 Å². The van der Waals surface area contributed by atoms with Gasteiger partial charge in [0.25, 0.3) is 0 Å². The monoisotopic (exact) mass is 230 g/mol. The van der Waals surface area contributed by atoms with Gasteiger partial charge < -0.3 is 5.32 Å². The van der Waals surface area contributed by atoms with Crippen molar-refractivity contribution in [1.82, 2.24) is 4.90 Å². The van der Waals surface area contributed by atoms with Crippen LogP contribution in [0.5, 0.6) is 0 Å². The minimum Gasteiger partial charge on any atom is -0.325 e. The minimum absolute atomic E-state index is 0.00200. The van der Waals surface area contributed by atoms with Crippen LogP contribution in [0.4, 0.5) is 5.69 Å². The van der Waals surface area contributed by atoms with Crippen molar-refractivity contribution in [2.45, 2.75) is 13.8 Å². The summed E-state index contributed by atoms with van der Waals surface area (Å²) in [5, 5.41) is 2.84. The van der Waals surface area contributed by atoms with Crippen molar-refractivity contribution in [3.05, 3.63) is 29.8 Å². The highest BCUT2D eigenvalue weighted by atomic mass is 16.2. The van der Waals surface area contributed by atoms with E-state index in [1.807, 2.05) is 38.1 Å². The molecule has 0 radical (unpaired) electrons. The molecule has 1 aromatic carbocycles. The van der Waals surface area contributed by atoms with Crippen molar-refractivity contribution < 1.29 is 4.79 Å². The summed E-state index contributed by atoms with van der Waals surface area (Å²) in [6, 6.07) is 7.25. The highest BCUT2D eigenvalue weighted by Gasteiger charge is 2.06. The highest BCUT2D eigenvalue weighted by molar-refractivity contribution is 5.92. The van der Waals surface area contributed by atoms with Gasteiger partial charge in [0, 0.05) is 11.3 Å². The molecule has 0 unspecified atom stereocenters. The number of hydrogen-bond donors (Lipinski definition) is 1. The van der Waals surface area contributed by atoms with Gasteiger partial charge in [-0.15, -0.1) is 6.42 Å². The lowest BCUT2D eigenvalue weighted by Gasteiger charge is -2.17. The van der Waals surface area contributed by atoms with Crippen LogP contribution in [-0.2, 0) is 4.79 Å². The molecule has 1 N–H and O–H groups in total. The third-order valence-electron chi connectivity index (χ3n) is 2.60. The van der Waals surface area contributed by atoms with Gasteiger partial charge in [0.2, 0.25) is 5.91 Å². The molecule has 90 valence electrons. The van der Waals surface area contributed by atoms with Gasteiger partial charge in [0.15, 0.2) is 0 Å². The molecular weight excluding hydrogens is 212 g/mol. The maximum Gasteiger partial charge on any atom is 0.238 e. The Balaban J connectivity index is 2.53. The maximum atomic E-state index is 11.7. The van der Waals surface area contributed by atoms with Crippen LogP contribution in [0.3, 0.4) is 0 Å². The number of terminal acetylenes is 1. The van der Waals surface area contributed by atoms with Gasteiger partial charge in [0.05, 0.1) is 6.54 Å². The fraction of sp³-hybridized carbons (Fsp3) is 0.357. The molecule has 0 saturated heterocycles. The summed E-state index contributed by atoms with van der Waals surface area (Å²) in [5.41, 5.74) is 1.59. The lowest BCUT2D eigenvalue weighted by molar-refractivity contribution is -0.117. The van der Waals surface area contributed by atoms with E-state index in [0.29, 0.717) is 6.54 Å². The molecule has 0 aromatic heterocycles. The van der Waals surface area contributed by atoms with Crippen LogP contribution in [0.25, 0.3) is 0 Å². The molecule has 0 heterocycles. The zero-order valence-corrected chi connectivity index (χ0v) is 10.4. The van der Waals surface area contributed by atoms with Crippen LogP contribution < -0.4 is 5.32 Å². The smallest absolute Gasteiger partial charge is 0.238 e. The molecule has 1 amide bonds. The Hall–Kier alpha value is -1.79. The fourth-order valence-corrected chi connectivity index (χ4v) is 1.50. The van der Waals surface area contributed by atoms with Gasteiger partial charge in [-0.05, 0) is 37.4 Å². The van der Waals surface area contributed by atoms with Crippen LogP contribution in [-0.4, -0.2) is 30.4 Å². The number of nitrogens with one attached hydrogen (secondary N) is 1. The number of likely N-dealkylation sites (N-methyl/N-ethyl adjacent to an activating group) is 1. The lowest BCUT2D eigenvalue weighted by Crippen LogP contribution is -2.32. The summed E-state index contributed by atoms with van der Waals surface area (Å²) in [6.07, 6.45) is 5.26. The maximum absolute atomic E-state index is 11.7. The Morgan fingerprint density at radius 3 is 2.35 bits per heavy atom. The van der Waals surface area contributed by atoms with Gasteiger partial charge in [-0.25, -0.2) is 0 Å². The second-order valence-corrected chi connectivity index (χ2v) is 3.73. The molecule has 0 aliphatic rings. The van der Waals surface area contributed by atoms with Crippen LogP contribution >= 0.6 is 0 Å². The summed E-state index contributed by atoms with van der Waals surface area (Å²) in [5.74, 6) is 2.54. The van der Waals surface area contributed by atoms with E-state index in [1.54, 1.807) is 0 Å². The average molecular weight is 230 g/mol. The first-order chi connectivity index (χ1) is 8.19. The molecule has 17 heavy (non-hydrogen) atoms. The van der Waals surface area contributed by atoms with Crippen LogP contribution in [0.15, 0.2) is 24.3 Å². The van der Waals surface area contributed by atoms with Gasteiger partial charge in [0.1, 0.15) is 0 Å². The molecule has 1 rings (SSSR count). The number of anilines is 1. The topological polar surface area (TPSA) is 32.3 Å². The van der Waals surface area contributed by atoms with Crippen molar-refractivity contribution >= 4 is 11.6 Å². The Labute approximate surface area is 103 Å². The number of hydrogen-bond acceptors (Lipinski definition) is 2. The Morgan fingerprint density at radius 2 is 1.88 bits per heavy atom. The lowest BCUT2D eigenvalue weighted by atomic mass is 10.2. The first-order valence-corrected chi connectivity index (χ1v) is 5.78. The van der Waals surface area contributed by atoms with Crippen molar-refractivity contribution in [2.24, 2.45) is 0 Å². The number of benzene rings is 1. The van der Waals surface area contributed by atoms with Gasteiger partial charge in [-0.2, -0.15) is 0 Å². The van der Waals surface area contributed by atoms with Crippen molar-refractivity contribution in [3.8, 4) is 12.3 Å². The number of carbonyl (C=O) groups excluding carboxylic acids is 1. The number of carbonyl (C=O) groups is 1.